The highest BCUT2D eigenvalue weighted by atomic mass is 32.1. The Bertz CT molecular complexity index is 1410. The van der Waals surface area contributed by atoms with E-state index in [1.165, 1.54) is 16.2 Å². The molecule has 0 saturated carbocycles. The Hall–Kier alpha value is -4.06. The fraction of sp³-hybridized carbons (Fsp3) is 0.333. The van der Waals surface area contributed by atoms with Gasteiger partial charge in [-0.2, -0.15) is 0 Å². The molecule has 2 amide bonds. The van der Waals surface area contributed by atoms with Crippen molar-refractivity contribution >= 4 is 44.6 Å². The van der Waals surface area contributed by atoms with Gasteiger partial charge in [-0.1, -0.05) is 11.3 Å². The predicted molar refractivity (Wildman–Crippen MR) is 138 cm³/mol. The van der Waals surface area contributed by atoms with E-state index in [2.05, 4.69) is 15.0 Å². The number of aliphatic carboxylic acids is 1. The van der Waals surface area contributed by atoms with Crippen LogP contribution in [0.15, 0.2) is 43.2 Å². The second kappa shape index (κ2) is 9.19. The number of nitrogens with two attached hydrogens (primary N) is 1. The van der Waals surface area contributed by atoms with E-state index in [1.54, 1.807) is 31.8 Å². The lowest BCUT2D eigenvalue weighted by atomic mass is 9.80. The quantitative estimate of drug-likeness (QED) is 0.404. The first-order valence-corrected chi connectivity index (χ1v) is 12.4. The summed E-state index contributed by atoms with van der Waals surface area (Å²) in [5, 5.41) is 10.0. The number of primary amides is 1. The van der Waals surface area contributed by atoms with Gasteiger partial charge in [0.2, 0.25) is 5.95 Å². The normalized spacial score (nSPS) is 15.2. The number of benzene rings is 1. The van der Waals surface area contributed by atoms with Crippen LogP contribution in [0.5, 0.6) is 0 Å². The number of carboxylic acids is 1. The highest BCUT2D eigenvalue weighted by Gasteiger charge is 2.37. The molecule has 186 valence electrons. The van der Waals surface area contributed by atoms with Gasteiger partial charge in [-0.25, -0.2) is 24.7 Å². The van der Waals surface area contributed by atoms with Crippen molar-refractivity contribution in [2.45, 2.75) is 26.7 Å². The van der Waals surface area contributed by atoms with Gasteiger partial charge in [0.1, 0.15) is 0 Å². The van der Waals surface area contributed by atoms with E-state index in [-0.39, 0.29) is 0 Å². The van der Waals surface area contributed by atoms with Crippen LogP contribution in [0.3, 0.4) is 0 Å². The Labute approximate surface area is 211 Å². The number of carboxylic acid groups (broad SMARTS) is 1. The molecule has 36 heavy (non-hydrogen) atoms. The summed E-state index contributed by atoms with van der Waals surface area (Å²) in [5.74, 6) is -0.177. The number of anilines is 2. The molecule has 12 heteroatoms. The summed E-state index contributed by atoms with van der Waals surface area (Å²) in [5.41, 5.74) is 8.12. The minimum absolute atomic E-state index is 0.417. The molecule has 0 aliphatic carbocycles. The fourth-order valence-corrected chi connectivity index (χ4v) is 5.45. The van der Waals surface area contributed by atoms with E-state index >= 15 is 0 Å². The lowest BCUT2D eigenvalue weighted by Gasteiger charge is -2.36. The minimum Gasteiger partial charge on any atom is -0.481 e. The number of nitrogens with zero attached hydrogens (tertiary/aromatic N) is 7. The van der Waals surface area contributed by atoms with Crippen molar-refractivity contribution in [3.05, 3.63) is 43.2 Å². The number of hydrogen-bond donors (Lipinski definition) is 2. The molecule has 3 aromatic heterocycles. The van der Waals surface area contributed by atoms with Crippen molar-refractivity contribution in [3.63, 3.8) is 0 Å². The van der Waals surface area contributed by atoms with Gasteiger partial charge >= 0.3 is 12.0 Å². The van der Waals surface area contributed by atoms with Crippen LogP contribution >= 0.6 is 11.3 Å². The Morgan fingerprint density at radius 2 is 1.92 bits per heavy atom. The SMILES string of the molecule is CCN(C(N)=O)c1nc2cc(-c3cnc(N4CCC(C)(C(=O)O)CC4)nc3)cc(-n3ccnc3)c2s1. The molecule has 3 N–H and O–H groups in total. The number of hydrogen-bond acceptors (Lipinski definition) is 8. The molecule has 0 atom stereocenters. The second-order valence-corrected chi connectivity index (χ2v) is 9.99. The van der Waals surface area contributed by atoms with Crippen LogP contribution in [0, 0.1) is 5.41 Å². The first-order valence-electron chi connectivity index (χ1n) is 11.6. The van der Waals surface area contributed by atoms with Crippen LogP contribution in [-0.4, -0.2) is 61.2 Å². The summed E-state index contributed by atoms with van der Waals surface area (Å²) in [6.07, 6.45) is 9.89. The molecule has 1 aromatic carbocycles. The zero-order valence-corrected chi connectivity index (χ0v) is 20.8. The molecule has 1 aliphatic rings. The minimum atomic E-state index is -0.759. The van der Waals surface area contributed by atoms with Crippen molar-refractivity contribution in [2.75, 3.05) is 29.4 Å². The maximum absolute atomic E-state index is 11.9. The smallest absolute Gasteiger partial charge is 0.321 e. The number of carbonyl (C=O) groups excluding carboxylic acids is 1. The lowest BCUT2D eigenvalue weighted by molar-refractivity contribution is -0.149. The molecule has 5 rings (SSSR count). The van der Waals surface area contributed by atoms with Crippen LogP contribution in [-0.2, 0) is 4.79 Å². The Morgan fingerprint density at radius 3 is 2.50 bits per heavy atom. The Balaban J connectivity index is 1.48. The second-order valence-electron chi connectivity index (χ2n) is 9.02. The van der Waals surface area contributed by atoms with Gasteiger partial charge in [0.05, 0.1) is 27.6 Å². The van der Waals surface area contributed by atoms with Crippen molar-refractivity contribution < 1.29 is 14.7 Å². The standard InChI is InChI=1S/C24H26N8O3S/c1-3-32(21(25)35)23-29-17-10-15(11-18(19(17)36-23)31-9-6-26-14-31)16-12-27-22(28-13-16)30-7-4-24(2,5-8-30)20(33)34/h6,9-14H,3-5,7-8H2,1-2H3,(H2,25,35)(H,33,34). The van der Waals surface area contributed by atoms with Crippen molar-refractivity contribution in [2.24, 2.45) is 11.1 Å². The number of imidazole rings is 1. The first-order chi connectivity index (χ1) is 17.3. The number of aromatic nitrogens is 5. The van der Waals surface area contributed by atoms with Gasteiger partial charge in [0.15, 0.2) is 5.13 Å². The third-order valence-corrected chi connectivity index (χ3v) is 7.81. The molecule has 11 nitrogen and oxygen atoms in total. The molecule has 0 spiro atoms. The summed E-state index contributed by atoms with van der Waals surface area (Å²) in [4.78, 5) is 44.9. The molecule has 1 saturated heterocycles. The van der Waals surface area contributed by atoms with Crippen LogP contribution in [0.2, 0.25) is 0 Å². The Morgan fingerprint density at radius 1 is 1.19 bits per heavy atom. The topological polar surface area (TPSA) is 143 Å². The Kier molecular flexibility index (Phi) is 6.04. The van der Waals surface area contributed by atoms with Crippen molar-refractivity contribution in [3.8, 4) is 16.8 Å². The van der Waals surface area contributed by atoms with Gasteiger partial charge in [-0.15, -0.1) is 0 Å². The third kappa shape index (κ3) is 4.24. The van der Waals surface area contributed by atoms with Gasteiger partial charge in [-0.05, 0) is 44.4 Å². The summed E-state index contributed by atoms with van der Waals surface area (Å²) in [6, 6.07) is 3.41. The number of rotatable bonds is 6. The van der Waals surface area contributed by atoms with Crippen LogP contribution in [0.1, 0.15) is 26.7 Å². The first kappa shape index (κ1) is 23.7. The summed E-state index contributed by atoms with van der Waals surface area (Å²) >= 11 is 1.40. The maximum Gasteiger partial charge on any atom is 0.321 e. The summed E-state index contributed by atoms with van der Waals surface area (Å²) < 4.78 is 2.80. The fourth-order valence-electron chi connectivity index (χ4n) is 4.31. The third-order valence-electron chi connectivity index (χ3n) is 6.69. The van der Waals surface area contributed by atoms with E-state index < -0.39 is 17.4 Å². The predicted octanol–water partition coefficient (Wildman–Crippen LogP) is 3.54. The molecular formula is C24H26N8O3S. The van der Waals surface area contributed by atoms with Gasteiger partial charge < -0.3 is 20.3 Å². The van der Waals surface area contributed by atoms with Crippen molar-refractivity contribution in [1.29, 1.82) is 0 Å². The molecule has 0 radical (unpaired) electrons. The largest absolute Gasteiger partial charge is 0.481 e. The monoisotopic (exact) mass is 506 g/mol. The molecule has 1 aliphatic heterocycles. The number of piperidine rings is 1. The van der Waals surface area contributed by atoms with E-state index in [0.717, 1.165) is 27.0 Å². The van der Waals surface area contributed by atoms with Gasteiger partial charge in [0.25, 0.3) is 0 Å². The van der Waals surface area contributed by atoms with Gasteiger partial charge in [0, 0.05) is 50.0 Å². The number of carbonyl (C=O) groups is 2. The van der Waals surface area contributed by atoms with E-state index in [1.807, 2.05) is 34.7 Å². The van der Waals surface area contributed by atoms with Gasteiger partial charge in [-0.3, -0.25) is 9.69 Å². The number of thiazole rings is 1. The van der Waals surface area contributed by atoms with Crippen LogP contribution in [0.4, 0.5) is 15.9 Å². The molecule has 0 unspecified atom stereocenters. The number of fused-ring (bicyclic) bond motifs is 1. The molecule has 0 bridgehead atoms. The van der Waals surface area contributed by atoms with E-state index in [0.29, 0.717) is 43.6 Å². The number of urea groups is 1. The van der Waals surface area contributed by atoms with Crippen LogP contribution in [0.25, 0.3) is 27.0 Å². The molecule has 4 aromatic rings. The zero-order valence-electron chi connectivity index (χ0n) is 20.0. The average molecular weight is 507 g/mol. The summed E-state index contributed by atoms with van der Waals surface area (Å²) in [6.45, 7) is 5.24. The van der Waals surface area contributed by atoms with Crippen LogP contribution < -0.4 is 15.5 Å². The molecular weight excluding hydrogens is 480 g/mol. The molecule has 1 fully saturated rings. The van der Waals surface area contributed by atoms with E-state index in [4.69, 9.17) is 10.7 Å². The average Bonchev–Trinajstić information content (AvgIpc) is 3.54. The van der Waals surface area contributed by atoms with Crippen molar-refractivity contribution in [1.82, 2.24) is 24.5 Å². The lowest BCUT2D eigenvalue weighted by Crippen LogP contribution is -2.43. The highest BCUT2D eigenvalue weighted by Crippen LogP contribution is 2.37. The number of amides is 2. The summed E-state index contributed by atoms with van der Waals surface area (Å²) in [7, 11) is 0. The van der Waals surface area contributed by atoms with E-state index in [9.17, 15) is 14.7 Å². The molecule has 4 heterocycles. The zero-order chi connectivity index (χ0) is 25.4. The highest BCUT2D eigenvalue weighted by molar-refractivity contribution is 7.22. The maximum atomic E-state index is 11.9.